The molecule has 0 aromatic rings. The summed E-state index contributed by atoms with van der Waals surface area (Å²) in [7, 11) is -0.705. The molecular weight excluding hydrogens is 344 g/mol. The summed E-state index contributed by atoms with van der Waals surface area (Å²) in [6.07, 6.45) is 28.7. The van der Waals surface area contributed by atoms with Gasteiger partial charge < -0.3 is 4.74 Å². The van der Waals surface area contributed by atoms with E-state index in [2.05, 4.69) is 20.0 Å². The molecule has 162 valence electrons. The van der Waals surface area contributed by atoms with Gasteiger partial charge in [0.15, 0.2) is 0 Å². The maximum Gasteiger partial charge on any atom is 0.0695 e. The molecule has 0 bridgehead atoms. The first-order valence-corrected chi connectivity index (χ1v) is 15.7. The second kappa shape index (κ2) is 17.1. The quantitative estimate of drug-likeness (QED) is 0.166. The summed E-state index contributed by atoms with van der Waals surface area (Å²) in [6.45, 7) is 8.33. The van der Waals surface area contributed by atoms with E-state index in [1.807, 2.05) is 0 Å². The Morgan fingerprint density at radius 3 is 1.44 bits per heavy atom. The zero-order valence-corrected chi connectivity index (χ0v) is 20.5. The predicted octanol–water partition coefficient (Wildman–Crippen LogP) is 8.60. The minimum Gasteiger partial charge on any atom is -0.379 e. The fourth-order valence-corrected chi connectivity index (χ4v) is 6.80. The van der Waals surface area contributed by atoms with Crippen LogP contribution >= 0.6 is 0 Å². The molecule has 0 spiro atoms. The average molecular weight is 397 g/mol. The largest absolute Gasteiger partial charge is 0.379 e. The Kier molecular flexibility index (Phi) is 15.9. The Bertz CT molecular complexity index is 309. The van der Waals surface area contributed by atoms with Crippen LogP contribution in [-0.4, -0.2) is 20.6 Å². The van der Waals surface area contributed by atoms with Crippen molar-refractivity contribution in [2.24, 2.45) is 0 Å². The Hall–Kier alpha value is 0.177. The molecule has 1 fully saturated rings. The van der Waals surface area contributed by atoms with Crippen molar-refractivity contribution >= 4 is 8.80 Å². The molecule has 27 heavy (non-hydrogen) atoms. The van der Waals surface area contributed by atoms with Gasteiger partial charge in [0.25, 0.3) is 0 Å². The number of unbranched alkanes of at least 4 members (excludes halogenated alkanes) is 15. The van der Waals surface area contributed by atoms with E-state index < -0.39 is 8.80 Å². The summed E-state index contributed by atoms with van der Waals surface area (Å²) in [4.78, 5) is 0. The summed E-state index contributed by atoms with van der Waals surface area (Å²) in [5, 5.41) is 0.355. The van der Waals surface area contributed by atoms with E-state index in [1.54, 1.807) is 0 Å². The Morgan fingerprint density at radius 2 is 1.07 bits per heavy atom. The van der Waals surface area contributed by atoms with Gasteiger partial charge in [-0.3, -0.25) is 0 Å². The molecule has 0 radical (unpaired) electrons. The highest BCUT2D eigenvalue weighted by atomic mass is 28.3. The third kappa shape index (κ3) is 12.4. The highest BCUT2D eigenvalue weighted by Gasteiger charge is 2.36. The van der Waals surface area contributed by atoms with Gasteiger partial charge in [-0.2, -0.15) is 0 Å². The van der Waals surface area contributed by atoms with Crippen LogP contribution in [-0.2, 0) is 4.74 Å². The number of rotatable bonds is 18. The monoisotopic (exact) mass is 396 g/mol. The third-order valence-corrected chi connectivity index (χ3v) is 9.74. The van der Waals surface area contributed by atoms with Crippen molar-refractivity contribution in [3.05, 3.63) is 0 Å². The van der Waals surface area contributed by atoms with Crippen LogP contribution in [0.25, 0.3) is 0 Å². The van der Waals surface area contributed by atoms with Gasteiger partial charge in [-0.05, 0) is 25.7 Å². The van der Waals surface area contributed by atoms with E-state index >= 15 is 0 Å². The third-order valence-electron chi connectivity index (χ3n) is 6.89. The molecule has 1 atom stereocenters. The first-order valence-electron chi connectivity index (χ1n) is 12.9. The maximum absolute atomic E-state index is 6.31. The first-order chi connectivity index (χ1) is 13.2. The highest BCUT2D eigenvalue weighted by molar-refractivity contribution is 6.59. The van der Waals surface area contributed by atoms with E-state index in [9.17, 15) is 0 Å². The second-order valence-electron chi connectivity index (χ2n) is 9.58. The summed E-state index contributed by atoms with van der Waals surface area (Å²) in [6, 6.07) is 0. The second-order valence-corrected chi connectivity index (χ2v) is 12.9. The smallest absolute Gasteiger partial charge is 0.0695 e. The fraction of sp³-hybridized carbons (Fsp3) is 1.00. The summed E-state index contributed by atoms with van der Waals surface area (Å²) in [5.41, 5.74) is 0. The predicted molar refractivity (Wildman–Crippen MR) is 126 cm³/mol. The molecule has 2 heteroatoms. The van der Waals surface area contributed by atoms with Crippen molar-refractivity contribution in [2.75, 3.05) is 6.61 Å². The number of hydrogen-bond acceptors (Lipinski definition) is 1. The zero-order chi connectivity index (χ0) is 19.6. The molecule has 1 nitrogen and oxygen atoms in total. The molecule has 1 rings (SSSR count). The van der Waals surface area contributed by atoms with Crippen molar-refractivity contribution < 1.29 is 4.74 Å². The van der Waals surface area contributed by atoms with Crippen LogP contribution in [0.15, 0.2) is 0 Å². The standard InChI is InChI=1S/C25H52OSi/c1-4-5-6-7-8-9-10-11-12-13-14-15-16-17-18-19-22-25(27(2)3)23-20-21-24-26-25/h27H,4-24H2,1-3H3. The van der Waals surface area contributed by atoms with Crippen molar-refractivity contribution in [3.63, 3.8) is 0 Å². The van der Waals surface area contributed by atoms with Gasteiger partial charge >= 0.3 is 0 Å². The molecule has 1 aliphatic rings. The molecule has 0 saturated carbocycles. The fourth-order valence-electron chi connectivity index (χ4n) is 4.79. The molecule has 1 heterocycles. The minimum absolute atomic E-state index is 0.355. The lowest BCUT2D eigenvalue weighted by atomic mass is 10.0. The average Bonchev–Trinajstić information content (AvgIpc) is 2.68. The molecule has 0 aliphatic carbocycles. The lowest BCUT2D eigenvalue weighted by Crippen LogP contribution is -2.47. The van der Waals surface area contributed by atoms with Crippen LogP contribution in [0.5, 0.6) is 0 Å². The van der Waals surface area contributed by atoms with Crippen LogP contribution in [0.3, 0.4) is 0 Å². The Balaban J connectivity index is 1.82. The topological polar surface area (TPSA) is 9.23 Å². The minimum atomic E-state index is -0.705. The lowest BCUT2D eigenvalue weighted by Gasteiger charge is -2.40. The molecule has 0 aromatic heterocycles. The van der Waals surface area contributed by atoms with Crippen LogP contribution in [0.1, 0.15) is 135 Å². The van der Waals surface area contributed by atoms with Crippen LogP contribution in [0.2, 0.25) is 13.1 Å². The van der Waals surface area contributed by atoms with E-state index in [0.717, 1.165) is 6.61 Å². The van der Waals surface area contributed by atoms with Crippen molar-refractivity contribution in [2.45, 2.75) is 154 Å². The zero-order valence-electron chi connectivity index (χ0n) is 19.3. The van der Waals surface area contributed by atoms with Crippen LogP contribution in [0.4, 0.5) is 0 Å². The summed E-state index contributed by atoms with van der Waals surface area (Å²) in [5.74, 6) is 0. The Labute approximate surface area is 174 Å². The molecule has 1 saturated heterocycles. The van der Waals surface area contributed by atoms with E-state index in [-0.39, 0.29) is 0 Å². The van der Waals surface area contributed by atoms with E-state index in [0.29, 0.717) is 5.22 Å². The first kappa shape index (κ1) is 25.2. The summed E-state index contributed by atoms with van der Waals surface area (Å²) < 4.78 is 6.31. The molecule has 1 unspecified atom stereocenters. The number of ether oxygens (including phenoxy) is 1. The van der Waals surface area contributed by atoms with Crippen LogP contribution < -0.4 is 0 Å². The lowest BCUT2D eigenvalue weighted by molar-refractivity contribution is -0.0292. The molecule has 1 aliphatic heterocycles. The number of hydrogen-bond donors (Lipinski definition) is 0. The summed E-state index contributed by atoms with van der Waals surface area (Å²) >= 11 is 0. The SMILES string of the molecule is CCCCCCCCCCCCCCCCCCC1([SiH](C)C)CCCCO1. The van der Waals surface area contributed by atoms with Gasteiger partial charge in [0.1, 0.15) is 0 Å². The van der Waals surface area contributed by atoms with Gasteiger partial charge in [-0.25, -0.2) is 0 Å². The van der Waals surface area contributed by atoms with Gasteiger partial charge in [-0.1, -0.05) is 123 Å². The highest BCUT2D eigenvalue weighted by Crippen LogP contribution is 2.33. The normalized spacial score (nSPS) is 20.4. The van der Waals surface area contributed by atoms with Crippen molar-refractivity contribution in [1.82, 2.24) is 0 Å². The molecule has 0 amide bonds. The van der Waals surface area contributed by atoms with E-state index in [4.69, 9.17) is 4.74 Å². The molecular formula is C25H52OSi. The van der Waals surface area contributed by atoms with E-state index in [1.165, 1.54) is 128 Å². The molecule has 0 aromatic carbocycles. The van der Waals surface area contributed by atoms with Crippen molar-refractivity contribution in [1.29, 1.82) is 0 Å². The van der Waals surface area contributed by atoms with Gasteiger partial charge in [-0.15, -0.1) is 0 Å². The van der Waals surface area contributed by atoms with Crippen molar-refractivity contribution in [3.8, 4) is 0 Å². The van der Waals surface area contributed by atoms with Gasteiger partial charge in [0.2, 0.25) is 0 Å². The maximum atomic E-state index is 6.31. The van der Waals surface area contributed by atoms with Gasteiger partial charge in [0, 0.05) is 6.61 Å². The van der Waals surface area contributed by atoms with Gasteiger partial charge in [0.05, 0.1) is 14.0 Å². The molecule has 0 N–H and O–H groups in total. The Morgan fingerprint density at radius 1 is 0.630 bits per heavy atom. The van der Waals surface area contributed by atoms with Crippen LogP contribution in [0, 0.1) is 0 Å².